The summed E-state index contributed by atoms with van der Waals surface area (Å²) in [7, 11) is 1.58. The molecule has 1 amide bonds. The van der Waals surface area contributed by atoms with E-state index in [-0.39, 0.29) is 5.91 Å². The average molecular weight is 268 g/mol. The van der Waals surface area contributed by atoms with E-state index >= 15 is 0 Å². The van der Waals surface area contributed by atoms with E-state index in [4.69, 9.17) is 10.5 Å². The SMILES string of the molecule is COc1ccc(NC(=O)CCSC(C)C)c(N)c1. The number of amides is 1. The van der Waals surface area contributed by atoms with Crippen LogP contribution < -0.4 is 15.8 Å². The van der Waals surface area contributed by atoms with E-state index in [0.717, 1.165) is 5.75 Å². The molecule has 3 N–H and O–H groups in total. The molecule has 18 heavy (non-hydrogen) atoms. The van der Waals surface area contributed by atoms with Crippen LogP contribution in [0, 0.1) is 0 Å². The Morgan fingerprint density at radius 3 is 2.78 bits per heavy atom. The molecule has 1 aromatic carbocycles. The molecule has 0 aliphatic rings. The van der Waals surface area contributed by atoms with E-state index in [2.05, 4.69) is 19.2 Å². The third-order valence-electron chi connectivity index (χ3n) is 2.31. The Bertz CT molecular complexity index is 408. The molecule has 100 valence electrons. The number of nitrogens with one attached hydrogen (secondary N) is 1. The molecule has 0 unspecified atom stereocenters. The summed E-state index contributed by atoms with van der Waals surface area (Å²) >= 11 is 1.77. The molecule has 0 aliphatic heterocycles. The first-order chi connectivity index (χ1) is 8.52. The molecule has 0 fully saturated rings. The second kappa shape index (κ2) is 7.16. The van der Waals surface area contributed by atoms with Crippen molar-refractivity contribution in [2.45, 2.75) is 25.5 Å². The lowest BCUT2D eigenvalue weighted by atomic mass is 10.2. The van der Waals surface area contributed by atoms with E-state index in [1.54, 1.807) is 37.1 Å². The number of hydrogen-bond acceptors (Lipinski definition) is 4. The topological polar surface area (TPSA) is 64.3 Å². The van der Waals surface area contributed by atoms with Crippen LogP contribution >= 0.6 is 11.8 Å². The Morgan fingerprint density at radius 2 is 2.22 bits per heavy atom. The van der Waals surface area contributed by atoms with Crippen molar-refractivity contribution in [1.82, 2.24) is 0 Å². The number of benzene rings is 1. The fraction of sp³-hybridized carbons (Fsp3) is 0.462. The van der Waals surface area contributed by atoms with Gasteiger partial charge >= 0.3 is 0 Å². The van der Waals surface area contributed by atoms with Gasteiger partial charge in [-0.3, -0.25) is 4.79 Å². The predicted molar refractivity (Wildman–Crippen MR) is 78.2 cm³/mol. The first-order valence-corrected chi connectivity index (χ1v) is 6.92. The van der Waals surface area contributed by atoms with E-state index in [1.165, 1.54) is 0 Å². The summed E-state index contributed by atoms with van der Waals surface area (Å²) in [5, 5.41) is 3.35. The number of anilines is 2. The third-order valence-corrected chi connectivity index (χ3v) is 3.42. The zero-order valence-electron chi connectivity index (χ0n) is 11.0. The number of methoxy groups -OCH3 is 1. The first-order valence-electron chi connectivity index (χ1n) is 5.88. The summed E-state index contributed by atoms with van der Waals surface area (Å²) in [6.45, 7) is 4.23. The van der Waals surface area contributed by atoms with Crippen LogP contribution in [0.25, 0.3) is 0 Å². The first kappa shape index (κ1) is 14.7. The monoisotopic (exact) mass is 268 g/mol. The lowest BCUT2D eigenvalue weighted by molar-refractivity contribution is -0.115. The Kier molecular flexibility index (Phi) is 5.85. The number of thioether (sulfide) groups is 1. The molecular formula is C13H20N2O2S. The standard InChI is InChI=1S/C13H20N2O2S/c1-9(2)18-7-6-13(16)15-12-5-4-10(17-3)8-11(12)14/h4-5,8-9H,6-7,14H2,1-3H3,(H,15,16). The van der Waals surface area contributed by atoms with E-state index < -0.39 is 0 Å². The summed E-state index contributed by atoms with van der Waals surface area (Å²) in [6.07, 6.45) is 0.494. The van der Waals surface area contributed by atoms with Crippen molar-refractivity contribution in [1.29, 1.82) is 0 Å². The molecule has 4 nitrogen and oxygen atoms in total. The van der Waals surface area contributed by atoms with Crippen LogP contribution in [0.15, 0.2) is 18.2 Å². The number of carbonyl (C=O) groups is 1. The van der Waals surface area contributed by atoms with Crippen molar-refractivity contribution in [3.8, 4) is 5.75 Å². The van der Waals surface area contributed by atoms with Gasteiger partial charge in [-0.05, 0) is 17.4 Å². The molecule has 0 bridgehead atoms. The number of nitrogens with two attached hydrogens (primary N) is 1. The van der Waals surface area contributed by atoms with Crippen LogP contribution in [0.4, 0.5) is 11.4 Å². The normalized spacial score (nSPS) is 10.4. The van der Waals surface area contributed by atoms with E-state index in [9.17, 15) is 4.79 Å². The lowest BCUT2D eigenvalue weighted by Gasteiger charge is -2.10. The molecule has 5 heteroatoms. The summed E-state index contributed by atoms with van der Waals surface area (Å²) in [5.74, 6) is 1.49. The predicted octanol–water partition coefficient (Wildman–Crippen LogP) is 2.75. The Labute approximate surface area is 112 Å². The van der Waals surface area contributed by atoms with Crippen molar-refractivity contribution in [3.63, 3.8) is 0 Å². The van der Waals surface area contributed by atoms with Crippen LogP contribution in [-0.4, -0.2) is 24.0 Å². The summed E-state index contributed by atoms with van der Waals surface area (Å²) in [5.41, 5.74) is 6.97. The second-order valence-corrected chi connectivity index (χ2v) is 5.86. The number of ether oxygens (including phenoxy) is 1. The van der Waals surface area contributed by atoms with Gasteiger partial charge in [0.05, 0.1) is 18.5 Å². The van der Waals surface area contributed by atoms with Gasteiger partial charge in [0.2, 0.25) is 5.91 Å². The van der Waals surface area contributed by atoms with Crippen LogP contribution in [0.3, 0.4) is 0 Å². The molecule has 0 radical (unpaired) electrons. The van der Waals surface area contributed by atoms with E-state index in [1.807, 2.05) is 0 Å². The number of carbonyl (C=O) groups excluding carboxylic acids is 1. The highest BCUT2D eigenvalue weighted by Crippen LogP contribution is 2.24. The number of rotatable bonds is 6. The molecular weight excluding hydrogens is 248 g/mol. The maximum Gasteiger partial charge on any atom is 0.225 e. The fourth-order valence-electron chi connectivity index (χ4n) is 1.38. The molecule has 0 saturated carbocycles. The highest BCUT2D eigenvalue weighted by atomic mass is 32.2. The minimum atomic E-state index is -0.0139. The largest absolute Gasteiger partial charge is 0.497 e. The minimum Gasteiger partial charge on any atom is -0.497 e. The molecule has 0 atom stereocenters. The summed E-state index contributed by atoms with van der Waals surface area (Å²) < 4.78 is 5.05. The molecule has 0 spiro atoms. The fourth-order valence-corrected chi connectivity index (χ4v) is 2.16. The highest BCUT2D eigenvalue weighted by Gasteiger charge is 2.06. The van der Waals surface area contributed by atoms with Gasteiger partial charge in [-0.25, -0.2) is 0 Å². The van der Waals surface area contributed by atoms with Gasteiger partial charge < -0.3 is 15.8 Å². The zero-order valence-corrected chi connectivity index (χ0v) is 11.8. The van der Waals surface area contributed by atoms with Crippen molar-refractivity contribution < 1.29 is 9.53 Å². The lowest BCUT2D eigenvalue weighted by Crippen LogP contribution is -2.14. The second-order valence-electron chi connectivity index (χ2n) is 4.17. The van der Waals surface area contributed by atoms with Crippen LogP contribution in [-0.2, 0) is 4.79 Å². The van der Waals surface area contributed by atoms with Crippen molar-refractivity contribution >= 4 is 29.0 Å². The molecule has 0 aliphatic carbocycles. The van der Waals surface area contributed by atoms with Gasteiger partial charge in [0.25, 0.3) is 0 Å². The molecule has 0 saturated heterocycles. The smallest absolute Gasteiger partial charge is 0.225 e. The van der Waals surface area contributed by atoms with Gasteiger partial charge in [-0.1, -0.05) is 13.8 Å². The molecule has 1 rings (SSSR count). The molecule has 0 heterocycles. The van der Waals surface area contributed by atoms with Crippen molar-refractivity contribution in [3.05, 3.63) is 18.2 Å². The quantitative estimate of drug-likeness (QED) is 0.779. The minimum absolute atomic E-state index is 0.0139. The summed E-state index contributed by atoms with van der Waals surface area (Å²) in [4.78, 5) is 11.7. The summed E-state index contributed by atoms with van der Waals surface area (Å²) in [6, 6.07) is 5.22. The highest BCUT2D eigenvalue weighted by molar-refractivity contribution is 7.99. The van der Waals surface area contributed by atoms with Gasteiger partial charge in [-0.15, -0.1) is 0 Å². The number of hydrogen-bond donors (Lipinski definition) is 2. The zero-order chi connectivity index (χ0) is 13.5. The van der Waals surface area contributed by atoms with Crippen LogP contribution in [0.1, 0.15) is 20.3 Å². The molecule has 0 aromatic heterocycles. The third kappa shape index (κ3) is 4.87. The Hall–Kier alpha value is -1.36. The van der Waals surface area contributed by atoms with Gasteiger partial charge in [0.1, 0.15) is 5.75 Å². The van der Waals surface area contributed by atoms with Crippen LogP contribution in [0.5, 0.6) is 5.75 Å². The maximum absolute atomic E-state index is 11.7. The average Bonchev–Trinajstić information content (AvgIpc) is 2.31. The van der Waals surface area contributed by atoms with Crippen LogP contribution in [0.2, 0.25) is 0 Å². The van der Waals surface area contributed by atoms with E-state index in [0.29, 0.717) is 28.8 Å². The van der Waals surface area contributed by atoms with Crippen molar-refractivity contribution in [2.75, 3.05) is 23.9 Å². The maximum atomic E-state index is 11.7. The van der Waals surface area contributed by atoms with Gasteiger partial charge in [0.15, 0.2) is 0 Å². The Balaban J connectivity index is 2.49. The van der Waals surface area contributed by atoms with Gasteiger partial charge in [-0.2, -0.15) is 11.8 Å². The van der Waals surface area contributed by atoms with Gasteiger partial charge in [0, 0.05) is 18.2 Å². The Morgan fingerprint density at radius 1 is 1.50 bits per heavy atom. The molecule has 1 aromatic rings. The number of nitrogen functional groups attached to an aromatic ring is 1. The van der Waals surface area contributed by atoms with Crippen molar-refractivity contribution in [2.24, 2.45) is 0 Å².